The molecule has 5 aromatic heterocycles. The van der Waals surface area contributed by atoms with Gasteiger partial charge >= 0.3 is 0 Å². The number of carbonyl (C=O) groups excluding carboxylic acids is 3. The predicted octanol–water partition coefficient (Wildman–Crippen LogP) is 16.4. The molecule has 664 valence electrons. The maximum atomic E-state index is 15.1. The number of rotatable bonds is 33. The van der Waals surface area contributed by atoms with Crippen molar-refractivity contribution in [2.24, 2.45) is 0 Å². The van der Waals surface area contributed by atoms with Crippen LogP contribution in [0, 0.1) is 31.3 Å². The fraction of sp³-hybridized carbons (Fsp3) is 0.344. The number of halogens is 3. The number of nitrogens with one attached hydrogen (secondary N) is 6. The molecule has 0 fully saturated rings. The van der Waals surface area contributed by atoms with Gasteiger partial charge in [0.2, 0.25) is 35.6 Å². The maximum Gasteiger partial charge on any atom is 0.247 e. The van der Waals surface area contributed by atoms with E-state index in [0.717, 1.165) is 98.3 Å². The second kappa shape index (κ2) is 40.8. The molecule has 126 heavy (non-hydrogen) atoms. The van der Waals surface area contributed by atoms with Gasteiger partial charge in [-0.1, -0.05) is 26.3 Å². The lowest BCUT2D eigenvalue weighted by molar-refractivity contribution is -0.112. The molecule has 11 aromatic rings. The zero-order valence-corrected chi connectivity index (χ0v) is 75.6. The van der Waals surface area contributed by atoms with Crippen LogP contribution >= 0.6 is 0 Å². The highest BCUT2D eigenvalue weighted by Gasteiger charge is 2.37. The number of hydrogen-bond acceptors (Lipinski definition) is 25. The molecule has 3 amide bonds. The highest BCUT2D eigenvalue weighted by atomic mass is 19.1. The minimum atomic E-state index is -0.713. The Kier molecular flexibility index (Phi) is 30.1. The van der Waals surface area contributed by atoms with E-state index in [9.17, 15) is 14.4 Å². The lowest BCUT2D eigenvalue weighted by atomic mass is 9.97. The highest BCUT2D eigenvalue weighted by molar-refractivity contribution is 6.04. The van der Waals surface area contributed by atoms with Crippen molar-refractivity contribution in [2.45, 2.75) is 86.4 Å². The molecule has 30 nitrogen and oxygen atoms in total. The molecule has 0 bridgehead atoms. The summed E-state index contributed by atoms with van der Waals surface area (Å²) >= 11 is 0. The molecule has 2 aliphatic heterocycles. The third-order valence-corrected chi connectivity index (χ3v) is 21.3. The molecular formula is C93H115F3N24O6. The summed E-state index contributed by atoms with van der Waals surface area (Å²) in [7, 11) is 22.6. The molecule has 0 spiro atoms. The predicted molar refractivity (Wildman–Crippen MR) is 502 cm³/mol. The average molecular weight is 1720 g/mol. The molecule has 0 unspecified atom stereocenters. The molecular weight excluding hydrogens is 1610 g/mol. The molecule has 0 saturated carbocycles. The number of ether oxygens (including phenoxy) is 3. The molecule has 7 heterocycles. The van der Waals surface area contributed by atoms with Gasteiger partial charge in [0.1, 0.15) is 51.4 Å². The number of aromatic nitrogens is 10. The number of benzene rings is 6. The summed E-state index contributed by atoms with van der Waals surface area (Å²) in [4.78, 5) is 89.6. The van der Waals surface area contributed by atoms with Crippen molar-refractivity contribution in [1.29, 1.82) is 0 Å². The first-order valence-electron chi connectivity index (χ1n) is 41.4. The zero-order valence-electron chi connectivity index (χ0n) is 75.6. The van der Waals surface area contributed by atoms with Crippen molar-refractivity contribution >= 4 is 120 Å². The normalized spacial score (nSPS) is 12.2. The van der Waals surface area contributed by atoms with Crippen LogP contribution in [0.5, 0.6) is 17.2 Å². The number of hydrogen-bond donors (Lipinski definition) is 6. The van der Waals surface area contributed by atoms with Crippen LogP contribution in [-0.2, 0) is 20.8 Å². The Morgan fingerprint density at radius 3 is 1.25 bits per heavy atom. The van der Waals surface area contributed by atoms with Crippen molar-refractivity contribution in [3.05, 3.63) is 189 Å². The van der Waals surface area contributed by atoms with Gasteiger partial charge in [0.05, 0.1) is 113 Å². The number of carbonyl (C=O) groups is 3. The quantitative estimate of drug-likeness (QED) is 0.0208. The average Bonchev–Trinajstić information content (AvgIpc) is 1.64. The van der Waals surface area contributed by atoms with Crippen LogP contribution in [0.2, 0.25) is 0 Å². The van der Waals surface area contributed by atoms with Crippen molar-refractivity contribution in [2.75, 3.05) is 187 Å². The third-order valence-electron chi connectivity index (χ3n) is 21.3. The van der Waals surface area contributed by atoms with E-state index in [2.05, 4.69) is 148 Å². The molecule has 33 heteroatoms. The van der Waals surface area contributed by atoms with Gasteiger partial charge in [-0.15, -0.1) is 0 Å². The van der Waals surface area contributed by atoms with Crippen LogP contribution in [0.4, 0.5) is 93.6 Å². The second-order valence-corrected chi connectivity index (χ2v) is 32.3. The Morgan fingerprint density at radius 1 is 0.476 bits per heavy atom. The number of amides is 3. The zero-order chi connectivity index (χ0) is 91.4. The molecule has 2 aliphatic rings. The van der Waals surface area contributed by atoms with Gasteiger partial charge in [-0.2, -0.15) is 0 Å². The molecule has 6 aromatic carbocycles. The lowest BCUT2D eigenvalue weighted by Gasteiger charge is -2.29. The van der Waals surface area contributed by atoms with Crippen molar-refractivity contribution in [1.82, 2.24) is 63.7 Å². The van der Waals surface area contributed by atoms with Gasteiger partial charge in [0.25, 0.3) is 0 Å². The van der Waals surface area contributed by atoms with Gasteiger partial charge in [0, 0.05) is 132 Å². The summed E-state index contributed by atoms with van der Waals surface area (Å²) < 4.78 is 66.3. The van der Waals surface area contributed by atoms with E-state index in [-0.39, 0.29) is 64.5 Å². The Balaban J connectivity index is 0.000000184. The summed E-state index contributed by atoms with van der Waals surface area (Å²) in [6.07, 6.45) is 10.1. The number of aryl methyl sites for hydroxylation is 3. The largest absolute Gasteiger partial charge is 0.494 e. The SMILES string of the molecule is C=CC(=O)Nc1cc(Nc2ncc(F)c(-c3cc(F)c4nc(C)n(C(C)C)c4c3)n2)c(OC)cc1N(C)CCN(C)C.C=CC(=O)Nc1cc(Nc2nccc(-c3cc(F)c4nc(C)n(C(C)C)c4c3)n2)c(OC)cc1N(C)CCN(C)C.C=CC(=O)Nc1cc(Nc2nccc(-c3cc4c5c(c3)N(C(C)C)C(=C)N5CCC4)n2)c(OC)cc1N(C)CCN(C)C. The molecule has 0 saturated heterocycles. The van der Waals surface area contributed by atoms with Crippen LogP contribution in [0.25, 0.3) is 55.8 Å². The first kappa shape index (κ1) is 93.0. The number of imidazole rings is 2. The molecule has 0 atom stereocenters. The smallest absolute Gasteiger partial charge is 0.247 e. The number of nitrogens with zero attached hydrogens (tertiary/aromatic N) is 18. The Morgan fingerprint density at radius 2 is 0.865 bits per heavy atom. The van der Waals surface area contributed by atoms with Gasteiger partial charge in [-0.25, -0.2) is 53.0 Å². The van der Waals surface area contributed by atoms with E-state index >= 15 is 13.2 Å². The maximum absolute atomic E-state index is 15.1. The first-order chi connectivity index (χ1) is 60.0. The summed E-state index contributed by atoms with van der Waals surface area (Å²) in [5, 5.41) is 18.3. The van der Waals surface area contributed by atoms with Crippen LogP contribution in [0.3, 0.4) is 0 Å². The number of likely N-dealkylation sites (N-methyl/N-ethyl adjacent to an activating group) is 6. The van der Waals surface area contributed by atoms with Crippen LogP contribution in [0.1, 0.15) is 77.3 Å². The Hall–Kier alpha value is -13.7. The standard InChI is InChI=1S/C33H42N8O2.C30H36F2N8O2.C30H37FN8O2/c1-9-31(42)35-26-19-27(30(43-8)20-28(26)39(7)16-15-38(5)6)37-33-34-13-12-25(36-33)24-17-23-11-10-14-40-22(4)41(21(2)3)29(18-24)32(23)40;1-9-27(41)35-22-14-23(26(42-8)15-24(22)39(7)11-10-38(5)6)36-30-33-16-21(32)28(37-30)19-12-20(31)29-25(13-19)40(17(2)3)18(4)34-29;1-9-28(40)34-23-16-24(27(41-8)17-25(23)38(7)13-12-37(5)6)36-30-32-11-10-22(35-30)20-14-21(31)29-26(15-20)39(18(2)3)19(4)33-29/h9,12-13,17-21H,1,4,10-11,14-16H2,2-3,5-8H3,(H,35,42)(H,34,36,37);9,12-17H,1,10-11H2,2-8H3,(H,35,41)(H,33,36,37);9-11,14-18H,1,12-13H2,2-8H3,(H,34,40)(H,32,35,36). The van der Waals surface area contributed by atoms with E-state index in [1.807, 2.05) is 147 Å². The second-order valence-electron chi connectivity index (χ2n) is 32.3. The van der Waals surface area contributed by atoms with Gasteiger partial charge in [-0.05, 0) is 201 Å². The van der Waals surface area contributed by atoms with Crippen LogP contribution < -0.4 is 70.6 Å². The summed E-state index contributed by atoms with van der Waals surface area (Å²) in [6, 6.07) is 25.6. The summed E-state index contributed by atoms with van der Waals surface area (Å²) in [5.41, 5.74) is 14.3. The molecule has 0 radical (unpaired) electrons. The van der Waals surface area contributed by atoms with Crippen molar-refractivity contribution in [3.8, 4) is 51.0 Å². The molecule has 6 N–H and O–H groups in total. The first-order valence-corrected chi connectivity index (χ1v) is 41.4. The van der Waals surface area contributed by atoms with Gasteiger partial charge < -0.3 is 94.4 Å². The number of methoxy groups -OCH3 is 3. The van der Waals surface area contributed by atoms with E-state index in [4.69, 9.17) is 19.2 Å². The van der Waals surface area contributed by atoms with Crippen LogP contribution in [-0.4, -0.2) is 218 Å². The summed E-state index contributed by atoms with van der Waals surface area (Å²) in [5.74, 6) is 2.05. The molecule has 13 rings (SSSR count). The van der Waals surface area contributed by atoms with E-state index in [1.54, 1.807) is 63.9 Å². The minimum absolute atomic E-state index is 0.0188. The monoisotopic (exact) mass is 1720 g/mol. The van der Waals surface area contributed by atoms with E-state index in [0.29, 0.717) is 97.5 Å². The number of fused-ring (bicyclic) bond motifs is 2. The highest BCUT2D eigenvalue weighted by Crippen LogP contribution is 2.50. The fourth-order valence-electron chi connectivity index (χ4n) is 15.1. The Labute approximate surface area is 734 Å². The van der Waals surface area contributed by atoms with Gasteiger partial charge in [-0.3, -0.25) is 14.4 Å². The molecule has 0 aliphatic carbocycles. The Bertz CT molecular complexity index is 5890. The van der Waals surface area contributed by atoms with Crippen molar-refractivity contribution < 1.29 is 41.8 Å². The third kappa shape index (κ3) is 21.4. The van der Waals surface area contributed by atoms with Crippen molar-refractivity contribution in [3.63, 3.8) is 0 Å². The summed E-state index contributed by atoms with van der Waals surface area (Å²) in [6.45, 7) is 36.8. The lowest BCUT2D eigenvalue weighted by Crippen LogP contribution is -2.33. The fourth-order valence-corrected chi connectivity index (χ4v) is 15.1. The van der Waals surface area contributed by atoms with Gasteiger partial charge in [0.15, 0.2) is 17.5 Å². The van der Waals surface area contributed by atoms with E-state index < -0.39 is 17.5 Å². The van der Waals surface area contributed by atoms with E-state index in [1.165, 1.54) is 54.4 Å². The minimum Gasteiger partial charge on any atom is -0.494 e. The number of anilines is 14. The van der Waals surface area contributed by atoms with Crippen LogP contribution in [0.15, 0.2) is 154 Å². The topological polar surface area (TPSA) is 290 Å².